The van der Waals surface area contributed by atoms with Gasteiger partial charge in [-0.15, -0.1) is 0 Å². The van der Waals surface area contributed by atoms with E-state index < -0.39 is 17.2 Å². The van der Waals surface area contributed by atoms with Crippen LogP contribution in [0.3, 0.4) is 0 Å². The molecule has 1 aromatic carbocycles. The number of hydrogen-bond acceptors (Lipinski definition) is 4. The molecule has 22 heavy (non-hydrogen) atoms. The maximum atomic E-state index is 12.7. The normalized spacial score (nSPS) is 26.9. The molecule has 1 saturated carbocycles. The van der Waals surface area contributed by atoms with E-state index in [1.165, 1.54) is 0 Å². The van der Waals surface area contributed by atoms with Gasteiger partial charge in [-0.2, -0.15) is 0 Å². The van der Waals surface area contributed by atoms with E-state index >= 15 is 0 Å². The maximum absolute atomic E-state index is 12.7. The van der Waals surface area contributed by atoms with Crippen molar-refractivity contribution in [3.05, 3.63) is 29.8 Å². The van der Waals surface area contributed by atoms with E-state index in [-0.39, 0.29) is 12.0 Å². The minimum absolute atomic E-state index is 0.269. The quantitative estimate of drug-likeness (QED) is 0.805. The minimum Gasteiger partial charge on any atom is -0.497 e. The van der Waals surface area contributed by atoms with E-state index in [4.69, 9.17) is 15.2 Å². The largest absolute Gasteiger partial charge is 0.497 e. The zero-order valence-electron chi connectivity index (χ0n) is 13.1. The molecule has 0 bridgehead atoms. The summed E-state index contributed by atoms with van der Waals surface area (Å²) in [5.74, 6) is -0.751. The molecular weight excluding hydrogens is 284 g/mol. The predicted molar refractivity (Wildman–Crippen MR) is 81.5 cm³/mol. The maximum Gasteiger partial charge on any atom is 0.233 e. The van der Waals surface area contributed by atoms with Crippen molar-refractivity contribution in [1.82, 2.24) is 5.32 Å². The van der Waals surface area contributed by atoms with Gasteiger partial charge in [0.05, 0.1) is 19.1 Å². The van der Waals surface area contributed by atoms with Gasteiger partial charge >= 0.3 is 0 Å². The number of nitrogens with one attached hydrogen (secondary N) is 1. The molecule has 120 valence electrons. The first kappa shape index (κ1) is 16.3. The van der Waals surface area contributed by atoms with Gasteiger partial charge < -0.3 is 20.5 Å². The topological polar surface area (TPSA) is 90.7 Å². The number of rotatable bonds is 6. The lowest BCUT2D eigenvalue weighted by Crippen LogP contribution is -2.68. The zero-order chi connectivity index (χ0) is 16.3. The van der Waals surface area contributed by atoms with E-state index in [1.54, 1.807) is 38.4 Å². The van der Waals surface area contributed by atoms with Crippen LogP contribution in [0.5, 0.6) is 5.75 Å². The van der Waals surface area contributed by atoms with Gasteiger partial charge in [0.15, 0.2) is 0 Å². The first-order valence-corrected chi connectivity index (χ1v) is 7.29. The third kappa shape index (κ3) is 2.33. The number of carbonyl (C=O) groups is 2. The molecule has 1 aliphatic rings. The number of ether oxygens (including phenoxy) is 2. The first-order chi connectivity index (χ1) is 10.5. The molecule has 0 aromatic heterocycles. The fraction of sp³-hybridized carbons (Fsp3) is 0.500. The van der Waals surface area contributed by atoms with Crippen LogP contribution in [-0.2, 0) is 19.7 Å². The van der Waals surface area contributed by atoms with E-state index in [0.717, 1.165) is 0 Å². The number of likely N-dealkylation sites (N-methyl/N-ethyl adjacent to an activating group) is 1. The van der Waals surface area contributed by atoms with Crippen molar-refractivity contribution in [2.75, 3.05) is 20.8 Å². The monoisotopic (exact) mass is 306 g/mol. The average molecular weight is 306 g/mol. The van der Waals surface area contributed by atoms with Crippen LogP contribution < -0.4 is 15.8 Å². The standard InChI is InChI=1S/C16H22N2O4/c1-4-22-13-9-12(14(17)19)16(13,15(20)18-2)10-6-5-7-11(8-10)21-3/h5-8,12-13H,4,9H2,1-3H3,(H2,17,19)(H,18,20)/t12?,13-,16-/m1/s1. The van der Waals surface area contributed by atoms with Crippen molar-refractivity contribution in [2.24, 2.45) is 11.7 Å². The van der Waals surface area contributed by atoms with E-state index in [0.29, 0.717) is 24.3 Å². The number of carbonyl (C=O) groups excluding carboxylic acids is 2. The second kappa shape index (κ2) is 6.36. The molecular formula is C16H22N2O4. The highest BCUT2D eigenvalue weighted by molar-refractivity contribution is 5.97. The summed E-state index contributed by atoms with van der Waals surface area (Å²) >= 11 is 0. The van der Waals surface area contributed by atoms with Crippen LogP contribution in [0.15, 0.2) is 24.3 Å². The molecule has 0 spiro atoms. The van der Waals surface area contributed by atoms with Gasteiger partial charge in [-0.25, -0.2) is 0 Å². The number of amides is 2. The number of hydrogen-bond donors (Lipinski definition) is 2. The molecule has 1 aromatic rings. The van der Waals surface area contributed by atoms with Crippen molar-refractivity contribution < 1.29 is 19.1 Å². The summed E-state index contributed by atoms with van der Waals surface area (Å²) in [6.07, 6.45) is 0.0513. The summed E-state index contributed by atoms with van der Waals surface area (Å²) in [6.45, 7) is 2.32. The van der Waals surface area contributed by atoms with Crippen molar-refractivity contribution in [3.8, 4) is 5.75 Å². The molecule has 2 rings (SSSR count). The second-order valence-electron chi connectivity index (χ2n) is 5.31. The SMILES string of the molecule is CCO[C@@H]1CC(C(N)=O)[C@]1(C(=O)NC)c1cccc(OC)c1. The Morgan fingerprint density at radius 3 is 2.73 bits per heavy atom. The summed E-state index contributed by atoms with van der Waals surface area (Å²) in [7, 11) is 3.10. The van der Waals surface area contributed by atoms with Gasteiger partial charge in [0, 0.05) is 13.7 Å². The predicted octanol–water partition coefficient (Wildman–Crippen LogP) is 0.589. The van der Waals surface area contributed by atoms with Crippen LogP contribution in [-0.4, -0.2) is 38.7 Å². The number of nitrogens with two attached hydrogens (primary N) is 1. The van der Waals surface area contributed by atoms with E-state index in [2.05, 4.69) is 5.32 Å². The van der Waals surface area contributed by atoms with Gasteiger partial charge in [-0.1, -0.05) is 12.1 Å². The summed E-state index contributed by atoms with van der Waals surface area (Å²) in [5, 5.41) is 2.65. The van der Waals surface area contributed by atoms with Crippen molar-refractivity contribution in [3.63, 3.8) is 0 Å². The molecule has 0 saturated heterocycles. The molecule has 0 aliphatic heterocycles. The Morgan fingerprint density at radius 2 is 2.18 bits per heavy atom. The molecule has 2 amide bonds. The second-order valence-corrected chi connectivity index (χ2v) is 5.31. The average Bonchev–Trinajstić information content (AvgIpc) is 2.51. The highest BCUT2D eigenvalue weighted by atomic mass is 16.5. The summed E-state index contributed by atoms with van der Waals surface area (Å²) in [4.78, 5) is 24.5. The van der Waals surface area contributed by atoms with Gasteiger partial charge in [0.1, 0.15) is 11.2 Å². The van der Waals surface area contributed by atoms with Gasteiger partial charge in [0.25, 0.3) is 0 Å². The van der Waals surface area contributed by atoms with Gasteiger partial charge in [0.2, 0.25) is 11.8 Å². The first-order valence-electron chi connectivity index (χ1n) is 7.29. The van der Waals surface area contributed by atoms with Crippen molar-refractivity contribution in [1.29, 1.82) is 0 Å². The summed E-state index contributed by atoms with van der Waals surface area (Å²) < 4.78 is 10.9. The zero-order valence-corrected chi connectivity index (χ0v) is 13.1. The van der Waals surface area contributed by atoms with Crippen molar-refractivity contribution in [2.45, 2.75) is 24.9 Å². The van der Waals surface area contributed by atoms with E-state index in [1.807, 2.05) is 6.92 Å². The lowest BCUT2D eigenvalue weighted by molar-refractivity contribution is -0.163. The number of methoxy groups -OCH3 is 1. The highest BCUT2D eigenvalue weighted by Gasteiger charge is 2.64. The van der Waals surface area contributed by atoms with Crippen LogP contribution in [0.1, 0.15) is 18.9 Å². The van der Waals surface area contributed by atoms with Crippen LogP contribution in [0.2, 0.25) is 0 Å². The summed E-state index contributed by atoms with van der Waals surface area (Å²) in [6, 6.07) is 7.14. The van der Waals surface area contributed by atoms with Gasteiger partial charge in [-0.3, -0.25) is 9.59 Å². The Hall–Kier alpha value is -2.08. The number of benzene rings is 1. The highest BCUT2D eigenvalue weighted by Crippen LogP contribution is 2.51. The Labute approximate surface area is 130 Å². The molecule has 6 nitrogen and oxygen atoms in total. The third-order valence-electron chi connectivity index (χ3n) is 4.37. The van der Waals surface area contributed by atoms with Crippen LogP contribution in [0, 0.1) is 5.92 Å². The Balaban J connectivity index is 2.58. The third-order valence-corrected chi connectivity index (χ3v) is 4.37. The van der Waals surface area contributed by atoms with Crippen LogP contribution in [0.25, 0.3) is 0 Å². The molecule has 1 unspecified atom stereocenters. The lowest BCUT2D eigenvalue weighted by Gasteiger charge is -2.52. The Bertz CT molecular complexity index is 575. The van der Waals surface area contributed by atoms with Crippen LogP contribution >= 0.6 is 0 Å². The number of primary amides is 1. The van der Waals surface area contributed by atoms with Crippen LogP contribution in [0.4, 0.5) is 0 Å². The summed E-state index contributed by atoms with van der Waals surface area (Å²) in [5.41, 5.74) is 5.10. The smallest absolute Gasteiger partial charge is 0.233 e. The Morgan fingerprint density at radius 1 is 1.45 bits per heavy atom. The van der Waals surface area contributed by atoms with Crippen molar-refractivity contribution >= 4 is 11.8 Å². The molecule has 1 fully saturated rings. The minimum atomic E-state index is -1.11. The van der Waals surface area contributed by atoms with Gasteiger partial charge in [-0.05, 0) is 31.0 Å². The fourth-order valence-electron chi connectivity index (χ4n) is 3.30. The lowest BCUT2D eigenvalue weighted by atomic mass is 9.53. The van der Waals surface area contributed by atoms with E-state index in [9.17, 15) is 9.59 Å². The molecule has 3 N–H and O–H groups in total. The molecule has 3 atom stereocenters. The molecule has 0 heterocycles. The fourth-order valence-corrected chi connectivity index (χ4v) is 3.30. The molecule has 1 aliphatic carbocycles. The molecule has 6 heteroatoms. The molecule has 0 radical (unpaired) electrons. The Kier molecular flexibility index (Phi) is 4.71.